The number of methoxy groups -OCH3 is 1. The van der Waals surface area contributed by atoms with Crippen LogP contribution in [0.2, 0.25) is 0 Å². The van der Waals surface area contributed by atoms with Crippen LogP contribution in [0, 0.1) is 6.92 Å². The third-order valence-corrected chi connectivity index (χ3v) is 3.02. The summed E-state index contributed by atoms with van der Waals surface area (Å²) in [5.41, 5.74) is 1.80. The van der Waals surface area contributed by atoms with Crippen LogP contribution in [0.25, 0.3) is 0 Å². The van der Waals surface area contributed by atoms with Gasteiger partial charge in [-0.1, -0.05) is 6.07 Å². The van der Waals surface area contributed by atoms with Gasteiger partial charge in [0.15, 0.2) is 0 Å². The van der Waals surface area contributed by atoms with Crippen LogP contribution in [0.1, 0.15) is 43.1 Å². The first-order valence-corrected chi connectivity index (χ1v) is 6.97. The van der Waals surface area contributed by atoms with Crippen molar-refractivity contribution in [3.63, 3.8) is 0 Å². The maximum Gasteiger partial charge on any atom is 0.338 e. The fourth-order valence-electron chi connectivity index (χ4n) is 1.87. The summed E-state index contributed by atoms with van der Waals surface area (Å²) in [6, 6.07) is 5.18. The summed E-state index contributed by atoms with van der Waals surface area (Å²) in [5.74, 6) is -0.491. The summed E-state index contributed by atoms with van der Waals surface area (Å²) >= 11 is 0. The standard InChI is InChI=1S/C16H24N2O3/c1-11-12(15(20)21-5)7-6-8-13(11)18-14(19)9-10-17-16(2,3)4/h6-8,17H,9-10H2,1-5H3,(H,18,19). The zero-order valence-electron chi connectivity index (χ0n) is 13.4. The molecule has 0 bridgehead atoms. The number of nitrogens with one attached hydrogen (secondary N) is 2. The molecule has 1 rings (SSSR count). The number of amides is 1. The molecule has 0 saturated heterocycles. The Morgan fingerprint density at radius 3 is 2.48 bits per heavy atom. The van der Waals surface area contributed by atoms with E-state index in [2.05, 4.69) is 31.4 Å². The van der Waals surface area contributed by atoms with Gasteiger partial charge in [-0.3, -0.25) is 4.79 Å². The van der Waals surface area contributed by atoms with Gasteiger partial charge in [-0.25, -0.2) is 4.79 Å². The SMILES string of the molecule is COC(=O)c1cccc(NC(=O)CCNC(C)(C)C)c1C. The molecule has 1 aromatic carbocycles. The number of carbonyl (C=O) groups excluding carboxylic acids is 2. The number of rotatable bonds is 5. The molecule has 1 amide bonds. The molecular weight excluding hydrogens is 268 g/mol. The van der Waals surface area contributed by atoms with Gasteiger partial charge in [0.25, 0.3) is 0 Å². The Bertz CT molecular complexity index is 519. The normalized spacial score (nSPS) is 11.1. The molecule has 0 atom stereocenters. The van der Waals surface area contributed by atoms with Gasteiger partial charge in [-0.05, 0) is 45.4 Å². The monoisotopic (exact) mass is 292 g/mol. The highest BCUT2D eigenvalue weighted by molar-refractivity contribution is 5.96. The van der Waals surface area contributed by atoms with Crippen LogP contribution in [-0.4, -0.2) is 31.1 Å². The van der Waals surface area contributed by atoms with Crippen molar-refractivity contribution in [2.75, 3.05) is 19.0 Å². The van der Waals surface area contributed by atoms with Gasteiger partial charge in [0.2, 0.25) is 5.91 Å². The Morgan fingerprint density at radius 2 is 1.90 bits per heavy atom. The second-order valence-corrected chi connectivity index (χ2v) is 5.94. The zero-order chi connectivity index (χ0) is 16.0. The van der Waals surface area contributed by atoms with E-state index in [4.69, 9.17) is 4.74 Å². The molecule has 0 spiro atoms. The predicted molar refractivity (Wildman–Crippen MR) is 83.5 cm³/mol. The third-order valence-electron chi connectivity index (χ3n) is 3.02. The molecule has 5 heteroatoms. The lowest BCUT2D eigenvalue weighted by Gasteiger charge is -2.20. The molecule has 0 unspecified atom stereocenters. The quantitative estimate of drug-likeness (QED) is 0.818. The highest BCUT2D eigenvalue weighted by Gasteiger charge is 2.14. The van der Waals surface area contributed by atoms with E-state index in [1.54, 1.807) is 25.1 Å². The minimum atomic E-state index is -0.405. The van der Waals surface area contributed by atoms with Crippen LogP contribution in [0.3, 0.4) is 0 Å². The van der Waals surface area contributed by atoms with E-state index in [1.165, 1.54) is 7.11 Å². The Labute approximate surface area is 126 Å². The van der Waals surface area contributed by atoms with E-state index < -0.39 is 5.97 Å². The first kappa shape index (κ1) is 17.2. The maximum absolute atomic E-state index is 11.9. The fourth-order valence-corrected chi connectivity index (χ4v) is 1.87. The summed E-state index contributed by atoms with van der Waals surface area (Å²) in [5, 5.41) is 6.09. The molecule has 5 nitrogen and oxygen atoms in total. The van der Waals surface area contributed by atoms with Gasteiger partial charge in [0, 0.05) is 24.2 Å². The highest BCUT2D eigenvalue weighted by Crippen LogP contribution is 2.19. The fraction of sp³-hybridized carbons (Fsp3) is 0.500. The van der Waals surface area contributed by atoms with Crippen molar-refractivity contribution >= 4 is 17.6 Å². The molecule has 0 heterocycles. The lowest BCUT2D eigenvalue weighted by molar-refractivity contribution is -0.116. The third kappa shape index (κ3) is 5.55. The van der Waals surface area contributed by atoms with Gasteiger partial charge in [-0.2, -0.15) is 0 Å². The van der Waals surface area contributed by atoms with E-state index in [-0.39, 0.29) is 11.4 Å². The van der Waals surface area contributed by atoms with Crippen LogP contribution >= 0.6 is 0 Å². The van der Waals surface area contributed by atoms with E-state index in [9.17, 15) is 9.59 Å². The molecule has 0 aliphatic carbocycles. The number of carbonyl (C=O) groups is 2. The number of ether oxygens (including phenoxy) is 1. The molecule has 0 saturated carbocycles. The van der Waals surface area contributed by atoms with E-state index in [0.717, 1.165) is 0 Å². The first-order chi connectivity index (χ1) is 9.74. The van der Waals surface area contributed by atoms with Crippen molar-refractivity contribution in [2.45, 2.75) is 39.7 Å². The van der Waals surface area contributed by atoms with Crippen LogP contribution in [-0.2, 0) is 9.53 Å². The molecule has 0 aromatic heterocycles. The minimum absolute atomic E-state index is 0.0129. The Kier molecular flexibility index (Phi) is 5.90. The minimum Gasteiger partial charge on any atom is -0.465 e. The summed E-state index contributed by atoms with van der Waals surface area (Å²) < 4.78 is 4.72. The van der Waals surface area contributed by atoms with Crippen molar-refractivity contribution < 1.29 is 14.3 Å². The van der Waals surface area contributed by atoms with Crippen LogP contribution in [0.15, 0.2) is 18.2 Å². The molecule has 1 aromatic rings. The Hall–Kier alpha value is -1.88. The maximum atomic E-state index is 11.9. The van der Waals surface area contributed by atoms with E-state index in [0.29, 0.717) is 29.8 Å². The zero-order valence-corrected chi connectivity index (χ0v) is 13.4. The van der Waals surface area contributed by atoms with Gasteiger partial charge < -0.3 is 15.4 Å². The Morgan fingerprint density at radius 1 is 1.24 bits per heavy atom. The molecule has 0 fully saturated rings. The van der Waals surface area contributed by atoms with Gasteiger partial charge >= 0.3 is 5.97 Å². The van der Waals surface area contributed by atoms with Crippen molar-refractivity contribution in [3.05, 3.63) is 29.3 Å². The second kappa shape index (κ2) is 7.22. The predicted octanol–water partition coefficient (Wildman–Crippen LogP) is 2.50. The summed E-state index contributed by atoms with van der Waals surface area (Å²) in [6.45, 7) is 8.54. The summed E-state index contributed by atoms with van der Waals surface area (Å²) in [6.07, 6.45) is 0.374. The van der Waals surface area contributed by atoms with Crippen molar-refractivity contribution in [2.24, 2.45) is 0 Å². The van der Waals surface area contributed by atoms with Crippen molar-refractivity contribution in [1.82, 2.24) is 5.32 Å². The molecule has 0 aliphatic rings. The molecule has 21 heavy (non-hydrogen) atoms. The number of hydrogen-bond donors (Lipinski definition) is 2. The lowest BCUT2D eigenvalue weighted by atomic mass is 10.1. The van der Waals surface area contributed by atoms with Gasteiger partial charge in [-0.15, -0.1) is 0 Å². The van der Waals surface area contributed by atoms with E-state index in [1.807, 2.05) is 0 Å². The summed E-state index contributed by atoms with van der Waals surface area (Å²) in [7, 11) is 1.34. The van der Waals surface area contributed by atoms with Crippen molar-refractivity contribution in [3.8, 4) is 0 Å². The highest BCUT2D eigenvalue weighted by atomic mass is 16.5. The first-order valence-electron chi connectivity index (χ1n) is 6.97. The molecule has 2 N–H and O–H groups in total. The lowest BCUT2D eigenvalue weighted by Crippen LogP contribution is -2.37. The average Bonchev–Trinajstić information content (AvgIpc) is 2.39. The van der Waals surface area contributed by atoms with Crippen LogP contribution in [0.5, 0.6) is 0 Å². The largest absolute Gasteiger partial charge is 0.465 e. The average molecular weight is 292 g/mol. The number of esters is 1. The van der Waals surface area contributed by atoms with Crippen LogP contribution in [0.4, 0.5) is 5.69 Å². The Balaban J connectivity index is 2.67. The molecule has 0 radical (unpaired) electrons. The van der Waals surface area contributed by atoms with Crippen LogP contribution < -0.4 is 10.6 Å². The topological polar surface area (TPSA) is 67.4 Å². The molecule has 0 aliphatic heterocycles. The number of hydrogen-bond acceptors (Lipinski definition) is 4. The number of benzene rings is 1. The van der Waals surface area contributed by atoms with Gasteiger partial charge in [0.05, 0.1) is 12.7 Å². The number of anilines is 1. The smallest absolute Gasteiger partial charge is 0.338 e. The molecular formula is C16H24N2O3. The van der Waals surface area contributed by atoms with Gasteiger partial charge in [0.1, 0.15) is 0 Å². The van der Waals surface area contributed by atoms with Crippen molar-refractivity contribution in [1.29, 1.82) is 0 Å². The second-order valence-electron chi connectivity index (χ2n) is 5.94. The summed E-state index contributed by atoms with van der Waals surface area (Å²) in [4.78, 5) is 23.5. The molecule has 116 valence electrons. The van der Waals surface area contributed by atoms with E-state index >= 15 is 0 Å².